The van der Waals surface area contributed by atoms with Crippen molar-refractivity contribution in [1.29, 1.82) is 0 Å². The van der Waals surface area contributed by atoms with Crippen LogP contribution in [0.25, 0.3) is 0 Å². The number of ether oxygens (including phenoxy) is 1. The molecule has 7 nitrogen and oxygen atoms in total. The standard InChI is InChI=1S/C18H16FN3O4S/c19-11-5-1-3-7-13(11)26-10-17(24)22-21-16(23)9-15-18(25)20-12-6-2-4-8-14(12)27-15/h1-8,15H,9-10H2,(H,20,25)(H,21,23)(H,22,24)/t15-/m1/s1. The fourth-order valence-corrected chi connectivity index (χ4v) is 3.44. The molecule has 0 bridgehead atoms. The Morgan fingerprint density at radius 1 is 1.07 bits per heavy atom. The Labute approximate surface area is 158 Å². The van der Waals surface area contributed by atoms with Gasteiger partial charge in [-0.2, -0.15) is 0 Å². The van der Waals surface area contributed by atoms with E-state index >= 15 is 0 Å². The largest absolute Gasteiger partial charge is 0.481 e. The third-order valence-electron chi connectivity index (χ3n) is 3.61. The number of anilines is 1. The van der Waals surface area contributed by atoms with E-state index in [1.165, 1.54) is 30.0 Å². The van der Waals surface area contributed by atoms with Crippen LogP contribution >= 0.6 is 11.8 Å². The number of halogens is 1. The molecule has 2 aromatic carbocycles. The number of nitrogens with one attached hydrogen (secondary N) is 3. The molecule has 0 aliphatic carbocycles. The summed E-state index contributed by atoms with van der Waals surface area (Å²) in [6.07, 6.45) is -0.112. The van der Waals surface area contributed by atoms with E-state index in [1.807, 2.05) is 18.2 Å². The molecular formula is C18H16FN3O4S. The molecule has 27 heavy (non-hydrogen) atoms. The summed E-state index contributed by atoms with van der Waals surface area (Å²) in [5.74, 6) is -2.11. The molecule has 0 aromatic heterocycles. The number of benzene rings is 2. The Kier molecular flexibility index (Phi) is 5.92. The quantitative estimate of drug-likeness (QED) is 0.679. The van der Waals surface area contributed by atoms with E-state index in [2.05, 4.69) is 16.2 Å². The van der Waals surface area contributed by atoms with Crippen LogP contribution in [0.5, 0.6) is 5.75 Å². The molecule has 1 atom stereocenters. The molecule has 1 aliphatic rings. The van der Waals surface area contributed by atoms with Gasteiger partial charge in [0, 0.05) is 11.3 Å². The molecule has 1 aliphatic heterocycles. The zero-order chi connectivity index (χ0) is 19.2. The fraction of sp³-hybridized carbons (Fsp3) is 0.167. The van der Waals surface area contributed by atoms with Crippen molar-refractivity contribution in [2.45, 2.75) is 16.6 Å². The second-order valence-corrected chi connectivity index (χ2v) is 6.86. The molecule has 0 saturated carbocycles. The van der Waals surface area contributed by atoms with Crippen molar-refractivity contribution in [3.63, 3.8) is 0 Å². The average molecular weight is 389 g/mol. The SMILES string of the molecule is O=C(COc1ccccc1F)NNC(=O)C[C@H]1Sc2ccccc2NC1=O. The molecule has 0 spiro atoms. The minimum atomic E-state index is -0.655. The summed E-state index contributed by atoms with van der Waals surface area (Å²) in [4.78, 5) is 36.6. The molecule has 0 unspecified atom stereocenters. The van der Waals surface area contributed by atoms with E-state index in [0.29, 0.717) is 5.69 Å². The van der Waals surface area contributed by atoms with Crippen molar-refractivity contribution in [3.05, 3.63) is 54.3 Å². The van der Waals surface area contributed by atoms with Gasteiger partial charge in [-0.05, 0) is 24.3 Å². The Hall–Kier alpha value is -3.07. The molecule has 9 heteroatoms. The molecule has 3 rings (SSSR count). The highest BCUT2D eigenvalue weighted by Crippen LogP contribution is 2.36. The zero-order valence-electron chi connectivity index (χ0n) is 14.0. The number of carbonyl (C=O) groups is 3. The Bertz CT molecular complexity index is 877. The van der Waals surface area contributed by atoms with Crippen molar-refractivity contribution in [1.82, 2.24) is 10.9 Å². The van der Waals surface area contributed by atoms with Crippen molar-refractivity contribution in [2.75, 3.05) is 11.9 Å². The first kappa shape index (κ1) is 18.7. The maximum Gasteiger partial charge on any atom is 0.276 e. The lowest BCUT2D eigenvalue weighted by atomic mass is 10.2. The molecular weight excluding hydrogens is 373 g/mol. The second kappa shape index (κ2) is 8.54. The molecule has 140 valence electrons. The van der Waals surface area contributed by atoms with Crippen LogP contribution in [0.1, 0.15) is 6.42 Å². The summed E-state index contributed by atoms with van der Waals surface area (Å²) < 4.78 is 18.4. The highest BCUT2D eigenvalue weighted by Gasteiger charge is 2.28. The fourth-order valence-electron chi connectivity index (χ4n) is 2.33. The number of carbonyl (C=O) groups excluding carboxylic acids is 3. The van der Waals surface area contributed by atoms with E-state index in [1.54, 1.807) is 12.1 Å². The summed E-state index contributed by atoms with van der Waals surface area (Å²) in [5, 5.41) is 2.14. The molecule has 0 saturated heterocycles. The highest BCUT2D eigenvalue weighted by atomic mass is 32.2. The third-order valence-corrected chi connectivity index (χ3v) is 4.89. The van der Waals surface area contributed by atoms with Crippen molar-refractivity contribution in [2.24, 2.45) is 0 Å². The van der Waals surface area contributed by atoms with E-state index in [-0.39, 0.29) is 18.1 Å². The Balaban J connectivity index is 1.44. The number of hydrogen-bond acceptors (Lipinski definition) is 5. The van der Waals surface area contributed by atoms with Crippen LogP contribution < -0.4 is 20.9 Å². The van der Waals surface area contributed by atoms with Crippen LogP contribution in [0.15, 0.2) is 53.4 Å². The lowest BCUT2D eigenvalue weighted by Crippen LogP contribution is -2.45. The Morgan fingerprint density at radius 2 is 1.78 bits per heavy atom. The van der Waals surface area contributed by atoms with Gasteiger partial charge < -0.3 is 10.1 Å². The lowest BCUT2D eigenvalue weighted by Gasteiger charge is -2.23. The van der Waals surface area contributed by atoms with Gasteiger partial charge in [-0.1, -0.05) is 24.3 Å². The molecule has 1 heterocycles. The molecule has 0 fully saturated rings. The number of para-hydroxylation sites is 2. The Morgan fingerprint density at radius 3 is 2.59 bits per heavy atom. The van der Waals surface area contributed by atoms with Gasteiger partial charge >= 0.3 is 0 Å². The molecule has 3 amide bonds. The highest BCUT2D eigenvalue weighted by molar-refractivity contribution is 8.01. The molecule has 3 N–H and O–H groups in total. The average Bonchev–Trinajstić information content (AvgIpc) is 2.66. The topological polar surface area (TPSA) is 96.5 Å². The number of fused-ring (bicyclic) bond motifs is 1. The van der Waals surface area contributed by atoms with Crippen LogP contribution in [0.4, 0.5) is 10.1 Å². The van der Waals surface area contributed by atoms with Crippen molar-refractivity contribution < 1.29 is 23.5 Å². The van der Waals surface area contributed by atoms with Crippen LogP contribution in [0, 0.1) is 5.82 Å². The third kappa shape index (κ3) is 4.98. The van der Waals surface area contributed by atoms with Crippen LogP contribution in [0.3, 0.4) is 0 Å². The number of hydrazine groups is 1. The lowest BCUT2D eigenvalue weighted by molar-refractivity contribution is -0.130. The van der Waals surface area contributed by atoms with Gasteiger partial charge in [0.25, 0.3) is 5.91 Å². The van der Waals surface area contributed by atoms with Crippen LogP contribution in [0.2, 0.25) is 0 Å². The van der Waals surface area contributed by atoms with Gasteiger partial charge in [-0.3, -0.25) is 25.2 Å². The van der Waals surface area contributed by atoms with E-state index in [0.717, 1.165) is 4.90 Å². The van der Waals surface area contributed by atoms with Crippen LogP contribution in [-0.4, -0.2) is 29.6 Å². The number of thioether (sulfide) groups is 1. The summed E-state index contributed by atoms with van der Waals surface area (Å²) in [7, 11) is 0. The van der Waals surface area contributed by atoms with Gasteiger partial charge in [0.15, 0.2) is 18.2 Å². The van der Waals surface area contributed by atoms with Crippen molar-refractivity contribution >= 4 is 35.2 Å². The monoisotopic (exact) mass is 389 g/mol. The maximum absolute atomic E-state index is 13.4. The first-order valence-corrected chi connectivity index (χ1v) is 8.92. The zero-order valence-corrected chi connectivity index (χ0v) is 14.8. The predicted octanol–water partition coefficient (Wildman–Crippen LogP) is 1.85. The second-order valence-electron chi connectivity index (χ2n) is 5.61. The maximum atomic E-state index is 13.4. The predicted molar refractivity (Wildman–Crippen MR) is 97.5 cm³/mol. The summed E-state index contributed by atoms with van der Waals surface area (Å²) >= 11 is 1.28. The number of rotatable bonds is 5. The molecule has 0 radical (unpaired) electrons. The van der Waals surface area contributed by atoms with E-state index in [4.69, 9.17) is 4.74 Å². The van der Waals surface area contributed by atoms with Crippen LogP contribution in [-0.2, 0) is 14.4 Å². The smallest absolute Gasteiger partial charge is 0.276 e. The van der Waals surface area contributed by atoms with E-state index in [9.17, 15) is 18.8 Å². The van der Waals surface area contributed by atoms with Gasteiger partial charge in [-0.25, -0.2) is 4.39 Å². The minimum Gasteiger partial charge on any atom is -0.481 e. The van der Waals surface area contributed by atoms with E-state index < -0.39 is 29.5 Å². The van der Waals surface area contributed by atoms with Gasteiger partial charge in [0.2, 0.25) is 11.8 Å². The normalized spacial score (nSPS) is 15.3. The van der Waals surface area contributed by atoms with Crippen molar-refractivity contribution in [3.8, 4) is 5.75 Å². The number of hydrogen-bond donors (Lipinski definition) is 3. The van der Waals surface area contributed by atoms with Gasteiger partial charge in [0.1, 0.15) is 0 Å². The minimum absolute atomic E-state index is 0.0621. The first-order valence-electron chi connectivity index (χ1n) is 8.04. The summed E-state index contributed by atoms with van der Waals surface area (Å²) in [5.41, 5.74) is 5.10. The number of amides is 3. The van der Waals surface area contributed by atoms with Gasteiger partial charge in [-0.15, -0.1) is 11.8 Å². The summed E-state index contributed by atoms with van der Waals surface area (Å²) in [6.45, 7) is -0.465. The molecule has 2 aromatic rings. The summed E-state index contributed by atoms with van der Waals surface area (Å²) in [6, 6.07) is 13.0. The first-order chi connectivity index (χ1) is 13.0. The van der Waals surface area contributed by atoms with Gasteiger partial charge in [0.05, 0.1) is 10.9 Å².